The third kappa shape index (κ3) is 4.63. The number of aryl methyl sites for hydroxylation is 1. The van der Waals surface area contributed by atoms with Gasteiger partial charge in [0, 0.05) is 38.7 Å². The molecule has 0 radical (unpaired) electrons. The van der Waals surface area contributed by atoms with Crippen LogP contribution in [0.25, 0.3) is 0 Å². The van der Waals surface area contributed by atoms with Gasteiger partial charge < -0.3 is 18.9 Å². The second kappa shape index (κ2) is 8.21. The summed E-state index contributed by atoms with van der Waals surface area (Å²) in [4.78, 5) is 14.6. The zero-order chi connectivity index (χ0) is 17.6. The van der Waals surface area contributed by atoms with Crippen LogP contribution in [0.2, 0.25) is 0 Å². The largest absolute Gasteiger partial charge is 0.484 e. The minimum Gasteiger partial charge on any atom is -0.484 e. The van der Waals surface area contributed by atoms with Gasteiger partial charge in [-0.2, -0.15) is 0 Å². The van der Waals surface area contributed by atoms with E-state index < -0.39 is 0 Å². The van der Waals surface area contributed by atoms with Gasteiger partial charge in [0.1, 0.15) is 5.75 Å². The van der Waals surface area contributed by atoms with E-state index >= 15 is 0 Å². The Morgan fingerprint density at radius 2 is 2.00 bits per heavy atom. The van der Waals surface area contributed by atoms with Crippen molar-refractivity contribution < 1.29 is 14.3 Å². The molecule has 2 heterocycles. The highest BCUT2D eigenvalue weighted by Gasteiger charge is 2.25. The third-order valence-electron chi connectivity index (χ3n) is 4.68. The lowest BCUT2D eigenvalue weighted by Crippen LogP contribution is -2.37. The number of nitrogens with zero attached hydrogens (tertiary/aromatic N) is 2. The maximum Gasteiger partial charge on any atom is 0.260 e. The molecule has 5 nitrogen and oxygen atoms in total. The molecule has 3 rings (SSSR count). The van der Waals surface area contributed by atoms with Crippen molar-refractivity contribution in [2.75, 3.05) is 26.9 Å². The number of fused-ring (bicyclic) bond motifs is 1. The van der Waals surface area contributed by atoms with Crippen molar-refractivity contribution in [2.45, 2.75) is 26.4 Å². The number of aromatic nitrogens is 1. The highest BCUT2D eigenvalue weighted by Crippen LogP contribution is 2.20. The van der Waals surface area contributed by atoms with Crippen molar-refractivity contribution in [3.05, 3.63) is 53.9 Å². The summed E-state index contributed by atoms with van der Waals surface area (Å²) < 4.78 is 13.2. The van der Waals surface area contributed by atoms with Crippen LogP contribution in [-0.2, 0) is 22.6 Å². The Bertz CT molecular complexity index is 693. The fraction of sp³-hybridized carbons (Fsp3) is 0.450. The lowest BCUT2D eigenvalue weighted by molar-refractivity contribution is -0.134. The number of carbonyl (C=O) groups is 1. The monoisotopic (exact) mass is 342 g/mol. The standard InChI is InChI=1S/C20H26N2O3/c1-16-5-7-19(8-6-16)25-15-20(23)22-13-17(9-11-24-2)12-21-10-3-4-18(21)14-22/h3-8,10,17H,9,11-15H2,1-2H3. The molecule has 1 aromatic heterocycles. The number of benzene rings is 1. The summed E-state index contributed by atoms with van der Waals surface area (Å²) in [5, 5.41) is 0. The van der Waals surface area contributed by atoms with Gasteiger partial charge in [-0.15, -0.1) is 0 Å². The SMILES string of the molecule is COCCC1CN(C(=O)COc2ccc(C)cc2)Cc2cccn2C1. The number of hydrogen-bond donors (Lipinski definition) is 0. The summed E-state index contributed by atoms with van der Waals surface area (Å²) in [6.45, 7) is 5.10. The van der Waals surface area contributed by atoms with Crippen molar-refractivity contribution in [3.63, 3.8) is 0 Å². The Hall–Kier alpha value is -2.27. The molecule has 1 aromatic carbocycles. The second-order valence-corrected chi connectivity index (χ2v) is 6.68. The van der Waals surface area contributed by atoms with Gasteiger partial charge in [0.15, 0.2) is 6.61 Å². The number of rotatable bonds is 6. The normalized spacial score (nSPS) is 17.0. The first-order valence-electron chi connectivity index (χ1n) is 8.76. The van der Waals surface area contributed by atoms with Crippen molar-refractivity contribution in [1.29, 1.82) is 0 Å². The Kier molecular flexibility index (Phi) is 5.76. The highest BCUT2D eigenvalue weighted by molar-refractivity contribution is 5.77. The molecule has 1 atom stereocenters. The van der Waals surface area contributed by atoms with Crippen LogP contribution >= 0.6 is 0 Å². The van der Waals surface area contributed by atoms with Gasteiger partial charge in [-0.25, -0.2) is 0 Å². The van der Waals surface area contributed by atoms with E-state index in [0.717, 1.165) is 25.3 Å². The zero-order valence-corrected chi connectivity index (χ0v) is 15.0. The third-order valence-corrected chi connectivity index (χ3v) is 4.68. The van der Waals surface area contributed by atoms with Gasteiger partial charge in [0.2, 0.25) is 0 Å². The maximum absolute atomic E-state index is 12.7. The predicted octanol–water partition coefficient (Wildman–Crippen LogP) is 2.87. The van der Waals surface area contributed by atoms with Gasteiger partial charge >= 0.3 is 0 Å². The summed E-state index contributed by atoms with van der Waals surface area (Å²) >= 11 is 0. The molecule has 134 valence electrons. The smallest absolute Gasteiger partial charge is 0.260 e. The first-order valence-corrected chi connectivity index (χ1v) is 8.76. The van der Waals surface area contributed by atoms with Gasteiger partial charge in [-0.1, -0.05) is 17.7 Å². The molecule has 0 N–H and O–H groups in total. The van der Waals surface area contributed by atoms with Crippen LogP contribution in [0.1, 0.15) is 17.7 Å². The molecule has 2 aromatic rings. The fourth-order valence-corrected chi connectivity index (χ4v) is 3.21. The van der Waals surface area contributed by atoms with Crippen molar-refractivity contribution in [2.24, 2.45) is 5.92 Å². The van der Waals surface area contributed by atoms with E-state index in [9.17, 15) is 4.79 Å². The summed E-state index contributed by atoms with van der Waals surface area (Å²) in [5.74, 6) is 1.14. The van der Waals surface area contributed by atoms with Crippen LogP contribution < -0.4 is 4.74 Å². The molecule has 25 heavy (non-hydrogen) atoms. The maximum atomic E-state index is 12.7. The molecule has 1 aliphatic heterocycles. The number of amides is 1. The molecular weight excluding hydrogens is 316 g/mol. The minimum atomic E-state index is 0.0256. The summed E-state index contributed by atoms with van der Waals surface area (Å²) in [6.07, 6.45) is 3.03. The molecule has 0 aliphatic carbocycles. The van der Waals surface area contributed by atoms with Crippen LogP contribution in [0, 0.1) is 12.8 Å². The van der Waals surface area contributed by atoms with Crippen LogP contribution in [0.3, 0.4) is 0 Å². The first-order chi connectivity index (χ1) is 12.2. The van der Waals surface area contributed by atoms with E-state index in [-0.39, 0.29) is 12.5 Å². The Labute approximate surface area is 149 Å². The molecule has 1 unspecified atom stereocenters. The molecule has 0 spiro atoms. The highest BCUT2D eigenvalue weighted by atomic mass is 16.5. The van der Waals surface area contributed by atoms with Crippen LogP contribution in [-0.4, -0.2) is 42.2 Å². The predicted molar refractivity (Wildman–Crippen MR) is 96.5 cm³/mol. The van der Waals surface area contributed by atoms with Crippen molar-refractivity contribution in [1.82, 2.24) is 9.47 Å². The Morgan fingerprint density at radius 3 is 2.76 bits per heavy atom. The molecule has 0 fully saturated rings. The molecule has 0 bridgehead atoms. The van der Waals surface area contributed by atoms with E-state index in [1.165, 1.54) is 11.3 Å². The molecule has 0 saturated heterocycles. The zero-order valence-electron chi connectivity index (χ0n) is 15.0. The Morgan fingerprint density at radius 1 is 1.20 bits per heavy atom. The first kappa shape index (κ1) is 17.5. The average Bonchev–Trinajstić information content (AvgIpc) is 2.97. The topological polar surface area (TPSA) is 43.7 Å². The second-order valence-electron chi connectivity index (χ2n) is 6.68. The van der Waals surface area contributed by atoms with Crippen molar-refractivity contribution >= 4 is 5.91 Å². The quantitative estimate of drug-likeness (QED) is 0.811. The number of hydrogen-bond acceptors (Lipinski definition) is 3. The molecule has 1 aliphatic rings. The summed E-state index contributed by atoms with van der Waals surface area (Å²) in [5.41, 5.74) is 2.34. The fourth-order valence-electron chi connectivity index (χ4n) is 3.21. The molecule has 0 saturated carbocycles. The lowest BCUT2D eigenvalue weighted by Gasteiger charge is -2.24. The van der Waals surface area contributed by atoms with E-state index in [1.807, 2.05) is 42.2 Å². The summed E-state index contributed by atoms with van der Waals surface area (Å²) in [6, 6.07) is 11.9. The number of methoxy groups -OCH3 is 1. The van der Waals surface area contributed by atoms with Gasteiger partial charge in [-0.05, 0) is 43.5 Å². The van der Waals surface area contributed by atoms with E-state index in [2.05, 4.69) is 16.8 Å². The van der Waals surface area contributed by atoms with Gasteiger partial charge in [0.05, 0.1) is 6.54 Å². The van der Waals surface area contributed by atoms with Crippen LogP contribution in [0.15, 0.2) is 42.6 Å². The minimum absolute atomic E-state index is 0.0256. The van der Waals surface area contributed by atoms with E-state index in [0.29, 0.717) is 19.1 Å². The number of carbonyl (C=O) groups excluding carboxylic acids is 1. The lowest BCUT2D eigenvalue weighted by atomic mass is 10.1. The summed E-state index contributed by atoms with van der Waals surface area (Å²) in [7, 11) is 1.72. The average molecular weight is 342 g/mol. The Balaban J connectivity index is 1.64. The van der Waals surface area contributed by atoms with Crippen molar-refractivity contribution in [3.8, 4) is 5.75 Å². The van der Waals surface area contributed by atoms with Crippen LogP contribution in [0.4, 0.5) is 0 Å². The van der Waals surface area contributed by atoms with Crippen LogP contribution in [0.5, 0.6) is 5.75 Å². The molecule has 5 heteroatoms. The number of ether oxygens (including phenoxy) is 2. The molecule has 1 amide bonds. The van der Waals surface area contributed by atoms with E-state index in [4.69, 9.17) is 9.47 Å². The molecular formula is C20H26N2O3. The van der Waals surface area contributed by atoms with E-state index in [1.54, 1.807) is 7.11 Å². The van der Waals surface area contributed by atoms with Gasteiger partial charge in [-0.3, -0.25) is 4.79 Å². The van der Waals surface area contributed by atoms with Gasteiger partial charge in [0.25, 0.3) is 5.91 Å².